The molecule has 0 atom stereocenters. The van der Waals surface area contributed by atoms with Gasteiger partial charge >= 0.3 is 0 Å². The molecule has 3 rings (SSSR count). The molecule has 1 aliphatic heterocycles. The number of carbonyl (C=O) groups excluding carboxylic acids is 2. The van der Waals surface area contributed by atoms with Crippen LogP contribution in [0.4, 0.5) is 0 Å². The molecule has 0 spiro atoms. The van der Waals surface area contributed by atoms with Crippen LogP contribution in [0.3, 0.4) is 0 Å². The van der Waals surface area contributed by atoms with Crippen LogP contribution >= 0.6 is 0 Å². The summed E-state index contributed by atoms with van der Waals surface area (Å²) in [5, 5.41) is 6.66. The summed E-state index contributed by atoms with van der Waals surface area (Å²) >= 11 is 0. The molecule has 1 aromatic carbocycles. The third-order valence-electron chi connectivity index (χ3n) is 4.43. The van der Waals surface area contributed by atoms with Crippen molar-refractivity contribution in [3.8, 4) is 5.75 Å². The second kappa shape index (κ2) is 8.03. The zero-order chi connectivity index (χ0) is 18.5. The number of amides is 2. The standard InChI is InChI=1S/C19H23N3O4/c1-13-3-5-16(6-4-13)25-12-18(23)22-9-7-15(8-10-22)20-19(24)17-11-14(2)26-21-17/h3-6,11,15H,7-10,12H2,1-2H3,(H,20,24). The Morgan fingerprint density at radius 2 is 1.92 bits per heavy atom. The van der Waals surface area contributed by atoms with Crippen molar-refractivity contribution < 1.29 is 18.8 Å². The van der Waals surface area contributed by atoms with Crippen molar-refractivity contribution in [2.24, 2.45) is 0 Å². The van der Waals surface area contributed by atoms with Crippen molar-refractivity contribution in [2.75, 3.05) is 19.7 Å². The van der Waals surface area contributed by atoms with Crippen molar-refractivity contribution in [2.45, 2.75) is 32.7 Å². The molecule has 1 N–H and O–H groups in total. The van der Waals surface area contributed by atoms with E-state index in [9.17, 15) is 9.59 Å². The van der Waals surface area contributed by atoms with Gasteiger partial charge in [-0.15, -0.1) is 0 Å². The lowest BCUT2D eigenvalue weighted by Gasteiger charge is -2.32. The van der Waals surface area contributed by atoms with Gasteiger partial charge in [-0.25, -0.2) is 0 Å². The molecule has 2 aromatic rings. The SMILES string of the molecule is Cc1ccc(OCC(=O)N2CCC(NC(=O)c3cc(C)on3)CC2)cc1. The Bertz CT molecular complexity index is 761. The van der Waals surface area contributed by atoms with Gasteiger partial charge in [-0.2, -0.15) is 0 Å². The fraction of sp³-hybridized carbons (Fsp3) is 0.421. The Kier molecular flexibility index (Phi) is 5.55. The number of rotatable bonds is 5. The van der Waals surface area contributed by atoms with Crippen LogP contribution in [0.2, 0.25) is 0 Å². The quantitative estimate of drug-likeness (QED) is 0.886. The number of hydrogen-bond acceptors (Lipinski definition) is 5. The molecule has 2 heterocycles. The normalized spacial score (nSPS) is 14.9. The molecule has 0 bridgehead atoms. The van der Waals surface area contributed by atoms with Crippen LogP contribution in [0.25, 0.3) is 0 Å². The molecule has 0 radical (unpaired) electrons. The Morgan fingerprint density at radius 3 is 2.54 bits per heavy atom. The van der Waals surface area contributed by atoms with E-state index in [1.165, 1.54) is 0 Å². The Balaban J connectivity index is 1.42. The molecular formula is C19H23N3O4. The molecule has 2 amide bonds. The van der Waals surface area contributed by atoms with Crippen molar-refractivity contribution in [1.82, 2.24) is 15.4 Å². The molecule has 0 aliphatic carbocycles. The summed E-state index contributed by atoms with van der Waals surface area (Å²) in [6.07, 6.45) is 1.41. The van der Waals surface area contributed by atoms with Crippen LogP contribution in [-0.4, -0.2) is 47.6 Å². The lowest BCUT2D eigenvalue weighted by molar-refractivity contribution is -0.134. The van der Waals surface area contributed by atoms with Crippen LogP contribution in [0, 0.1) is 13.8 Å². The van der Waals surface area contributed by atoms with E-state index in [0.717, 1.165) is 5.56 Å². The van der Waals surface area contributed by atoms with E-state index in [1.807, 2.05) is 31.2 Å². The van der Waals surface area contributed by atoms with Gasteiger partial charge in [-0.05, 0) is 38.8 Å². The molecule has 7 nitrogen and oxygen atoms in total. The van der Waals surface area contributed by atoms with E-state index in [4.69, 9.17) is 9.26 Å². The number of piperidine rings is 1. The zero-order valence-electron chi connectivity index (χ0n) is 15.0. The average molecular weight is 357 g/mol. The fourth-order valence-corrected chi connectivity index (χ4v) is 2.88. The minimum atomic E-state index is -0.241. The van der Waals surface area contributed by atoms with Crippen molar-refractivity contribution >= 4 is 11.8 Å². The van der Waals surface area contributed by atoms with E-state index >= 15 is 0 Å². The first-order chi connectivity index (χ1) is 12.5. The summed E-state index contributed by atoms with van der Waals surface area (Å²) in [6.45, 7) is 4.96. The van der Waals surface area contributed by atoms with E-state index in [2.05, 4.69) is 10.5 Å². The number of carbonyl (C=O) groups is 2. The van der Waals surface area contributed by atoms with Crippen LogP contribution in [0.1, 0.15) is 34.7 Å². The minimum Gasteiger partial charge on any atom is -0.484 e. The summed E-state index contributed by atoms with van der Waals surface area (Å²) < 4.78 is 10.5. The van der Waals surface area contributed by atoms with Crippen LogP contribution < -0.4 is 10.1 Å². The molecule has 138 valence electrons. The molecule has 1 aromatic heterocycles. The molecule has 1 saturated heterocycles. The summed E-state index contributed by atoms with van der Waals surface area (Å²) in [7, 11) is 0. The Morgan fingerprint density at radius 1 is 1.23 bits per heavy atom. The van der Waals surface area contributed by atoms with E-state index < -0.39 is 0 Å². The van der Waals surface area contributed by atoms with Crippen molar-refractivity contribution in [3.05, 3.63) is 47.3 Å². The second-order valence-electron chi connectivity index (χ2n) is 6.55. The molecule has 26 heavy (non-hydrogen) atoms. The van der Waals surface area contributed by atoms with Crippen molar-refractivity contribution in [1.29, 1.82) is 0 Å². The predicted molar refractivity (Wildman–Crippen MR) is 95.0 cm³/mol. The number of benzene rings is 1. The minimum absolute atomic E-state index is 0.0261. The van der Waals surface area contributed by atoms with Gasteiger partial charge in [0.05, 0.1) is 0 Å². The maximum atomic E-state index is 12.3. The number of likely N-dealkylation sites (tertiary alicyclic amines) is 1. The Hall–Kier alpha value is -2.83. The number of aryl methyl sites for hydroxylation is 2. The summed E-state index contributed by atoms with van der Waals surface area (Å²) in [5.74, 6) is 1.01. The highest BCUT2D eigenvalue weighted by Crippen LogP contribution is 2.14. The highest BCUT2D eigenvalue weighted by molar-refractivity contribution is 5.92. The molecule has 7 heteroatoms. The first-order valence-corrected chi connectivity index (χ1v) is 8.72. The molecule has 1 aliphatic rings. The van der Waals surface area contributed by atoms with Gasteiger partial charge in [-0.1, -0.05) is 22.9 Å². The van der Waals surface area contributed by atoms with E-state index in [-0.39, 0.29) is 30.2 Å². The van der Waals surface area contributed by atoms with E-state index in [1.54, 1.807) is 17.9 Å². The monoisotopic (exact) mass is 357 g/mol. The number of ether oxygens (including phenoxy) is 1. The smallest absolute Gasteiger partial charge is 0.273 e. The molecule has 1 fully saturated rings. The van der Waals surface area contributed by atoms with Crippen LogP contribution in [-0.2, 0) is 4.79 Å². The van der Waals surface area contributed by atoms with Gasteiger partial charge < -0.3 is 19.5 Å². The van der Waals surface area contributed by atoms with Gasteiger partial charge in [0.25, 0.3) is 11.8 Å². The van der Waals surface area contributed by atoms with Crippen LogP contribution in [0.15, 0.2) is 34.9 Å². The third kappa shape index (κ3) is 4.62. The topological polar surface area (TPSA) is 84.7 Å². The zero-order valence-corrected chi connectivity index (χ0v) is 15.0. The fourth-order valence-electron chi connectivity index (χ4n) is 2.88. The second-order valence-corrected chi connectivity index (χ2v) is 6.55. The molecular weight excluding hydrogens is 334 g/mol. The third-order valence-corrected chi connectivity index (χ3v) is 4.43. The van der Waals surface area contributed by atoms with E-state index in [0.29, 0.717) is 37.4 Å². The summed E-state index contributed by atoms with van der Waals surface area (Å²) in [6, 6.07) is 9.25. The largest absolute Gasteiger partial charge is 0.484 e. The van der Waals surface area contributed by atoms with Crippen molar-refractivity contribution in [3.63, 3.8) is 0 Å². The van der Waals surface area contributed by atoms with Crippen LogP contribution in [0.5, 0.6) is 5.75 Å². The van der Waals surface area contributed by atoms with Gasteiger partial charge in [0.2, 0.25) is 0 Å². The lowest BCUT2D eigenvalue weighted by Crippen LogP contribution is -2.47. The maximum absolute atomic E-state index is 12.3. The number of hydrogen-bond donors (Lipinski definition) is 1. The molecule has 0 saturated carbocycles. The Labute approximate surface area is 152 Å². The lowest BCUT2D eigenvalue weighted by atomic mass is 10.0. The summed E-state index contributed by atoms with van der Waals surface area (Å²) in [4.78, 5) is 26.1. The number of nitrogens with one attached hydrogen (secondary N) is 1. The van der Waals surface area contributed by atoms with Gasteiger partial charge in [0.1, 0.15) is 11.5 Å². The predicted octanol–water partition coefficient (Wildman–Crippen LogP) is 2.09. The van der Waals surface area contributed by atoms with Gasteiger partial charge in [-0.3, -0.25) is 9.59 Å². The highest BCUT2D eigenvalue weighted by Gasteiger charge is 2.25. The number of nitrogens with zero attached hydrogens (tertiary/aromatic N) is 2. The first-order valence-electron chi connectivity index (χ1n) is 8.72. The molecule has 0 unspecified atom stereocenters. The highest BCUT2D eigenvalue weighted by atomic mass is 16.5. The number of aromatic nitrogens is 1. The maximum Gasteiger partial charge on any atom is 0.273 e. The van der Waals surface area contributed by atoms with Gasteiger partial charge in [0.15, 0.2) is 12.3 Å². The summed E-state index contributed by atoms with van der Waals surface area (Å²) in [5.41, 5.74) is 1.43. The first kappa shape index (κ1) is 18.0. The average Bonchev–Trinajstić information content (AvgIpc) is 3.08. The van der Waals surface area contributed by atoms with Gasteiger partial charge in [0, 0.05) is 25.2 Å².